The van der Waals surface area contributed by atoms with Gasteiger partial charge in [-0.15, -0.1) is 0 Å². The Kier molecular flexibility index (Phi) is 4.90. The zero-order valence-corrected chi connectivity index (χ0v) is 8.87. The van der Waals surface area contributed by atoms with Crippen molar-refractivity contribution in [1.29, 1.82) is 0 Å². The van der Waals surface area contributed by atoms with Crippen LogP contribution < -0.4 is 5.73 Å². The van der Waals surface area contributed by atoms with Crippen molar-refractivity contribution in [2.75, 3.05) is 26.7 Å². The van der Waals surface area contributed by atoms with Crippen molar-refractivity contribution in [1.82, 2.24) is 4.90 Å². The molecule has 1 rings (SSSR count). The lowest BCUT2D eigenvalue weighted by molar-refractivity contribution is -0.118. The Balaban J connectivity index is 2.11. The third-order valence-corrected chi connectivity index (χ3v) is 2.53. The molecule has 1 atom stereocenters. The van der Waals surface area contributed by atoms with Crippen LogP contribution in [-0.4, -0.2) is 43.7 Å². The second-order valence-corrected chi connectivity index (χ2v) is 3.97. The highest BCUT2D eigenvalue weighted by molar-refractivity contribution is 5.73. The maximum Gasteiger partial charge on any atom is 0.218 e. The lowest BCUT2D eigenvalue weighted by Crippen LogP contribution is -2.35. The fourth-order valence-electron chi connectivity index (χ4n) is 1.69. The van der Waals surface area contributed by atoms with E-state index in [1.807, 2.05) is 7.05 Å². The fourth-order valence-corrected chi connectivity index (χ4v) is 1.69. The number of hydrogen-bond donors (Lipinski definition) is 1. The maximum absolute atomic E-state index is 10.6. The molecule has 1 heterocycles. The van der Waals surface area contributed by atoms with Gasteiger partial charge in [0.15, 0.2) is 0 Å². The Hall–Kier alpha value is -0.610. The van der Waals surface area contributed by atoms with Gasteiger partial charge in [-0.3, -0.25) is 4.79 Å². The molecule has 0 aromatic rings. The monoisotopic (exact) mass is 200 g/mol. The highest BCUT2D eigenvalue weighted by Gasteiger charge is 2.15. The summed E-state index contributed by atoms with van der Waals surface area (Å²) < 4.78 is 5.60. The van der Waals surface area contributed by atoms with Gasteiger partial charge in [0.2, 0.25) is 5.91 Å². The van der Waals surface area contributed by atoms with Gasteiger partial charge in [0.1, 0.15) is 0 Å². The molecule has 1 fully saturated rings. The predicted molar refractivity (Wildman–Crippen MR) is 54.9 cm³/mol. The van der Waals surface area contributed by atoms with Crippen LogP contribution in [-0.2, 0) is 9.53 Å². The summed E-state index contributed by atoms with van der Waals surface area (Å²) in [6, 6.07) is 0. The number of rotatable bonds is 5. The van der Waals surface area contributed by atoms with E-state index >= 15 is 0 Å². The minimum atomic E-state index is -0.235. The van der Waals surface area contributed by atoms with Crippen LogP contribution in [0.2, 0.25) is 0 Å². The fraction of sp³-hybridized carbons (Fsp3) is 0.900. The van der Waals surface area contributed by atoms with E-state index in [-0.39, 0.29) is 5.91 Å². The molecule has 1 aliphatic rings. The molecule has 0 radical (unpaired) electrons. The Morgan fingerprint density at radius 2 is 2.36 bits per heavy atom. The Morgan fingerprint density at radius 1 is 1.57 bits per heavy atom. The molecule has 0 saturated carbocycles. The molecule has 4 nitrogen and oxygen atoms in total. The van der Waals surface area contributed by atoms with E-state index in [1.54, 1.807) is 0 Å². The number of likely N-dealkylation sites (N-methyl/N-ethyl adjacent to an activating group) is 1. The first kappa shape index (κ1) is 11.5. The number of nitrogens with two attached hydrogens (primary N) is 1. The smallest absolute Gasteiger partial charge is 0.218 e. The van der Waals surface area contributed by atoms with E-state index < -0.39 is 0 Å². The molecular weight excluding hydrogens is 180 g/mol. The minimum absolute atomic E-state index is 0.235. The standard InChI is InChI=1S/C10H20N2O2/c1-12(6-5-10(11)13)8-9-4-2-3-7-14-9/h9H,2-8H2,1H3,(H2,11,13). The summed E-state index contributed by atoms with van der Waals surface area (Å²) in [6.07, 6.45) is 4.36. The van der Waals surface area contributed by atoms with Gasteiger partial charge in [0, 0.05) is 26.1 Å². The molecular formula is C10H20N2O2. The summed E-state index contributed by atoms with van der Waals surface area (Å²) in [6.45, 7) is 2.52. The highest BCUT2D eigenvalue weighted by Crippen LogP contribution is 2.13. The van der Waals surface area contributed by atoms with Crippen LogP contribution in [0.3, 0.4) is 0 Å². The van der Waals surface area contributed by atoms with Crippen molar-refractivity contribution >= 4 is 5.91 Å². The van der Waals surface area contributed by atoms with E-state index in [0.717, 1.165) is 26.1 Å². The van der Waals surface area contributed by atoms with Crippen molar-refractivity contribution < 1.29 is 9.53 Å². The van der Waals surface area contributed by atoms with Gasteiger partial charge in [-0.2, -0.15) is 0 Å². The van der Waals surface area contributed by atoms with E-state index in [2.05, 4.69) is 4.90 Å². The Morgan fingerprint density at radius 3 is 2.93 bits per heavy atom. The first-order chi connectivity index (χ1) is 6.68. The van der Waals surface area contributed by atoms with Gasteiger partial charge in [-0.05, 0) is 26.3 Å². The van der Waals surface area contributed by atoms with Crippen LogP contribution in [0.25, 0.3) is 0 Å². The zero-order chi connectivity index (χ0) is 10.4. The molecule has 82 valence electrons. The summed E-state index contributed by atoms with van der Waals surface area (Å²) in [5.41, 5.74) is 5.08. The van der Waals surface area contributed by atoms with Crippen LogP contribution in [0.5, 0.6) is 0 Å². The SMILES string of the molecule is CN(CCC(N)=O)CC1CCCCO1. The summed E-state index contributed by atoms with van der Waals surface area (Å²) >= 11 is 0. The summed E-state index contributed by atoms with van der Waals surface area (Å²) in [5.74, 6) is -0.235. The van der Waals surface area contributed by atoms with Gasteiger partial charge in [0.05, 0.1) is 6.10 Å². The van der Waals surface area contributed by atoms with Crippen molar-refractivity contribution in [3.8, 4) is 0 Å². The molecule has 0 aliphatic carbocycles. The summed E-state index contributed by atoms with van der Waals surface area (Å²) in [5, 5.41) is 0. The van der Waals surface area contributed by atoms with Crippen molar-refractivity contribution in [3.05, 3.63) is 0 Å². The maximum atomic E-state index is 10.6. The van der Waals surface area contributed by atoms with Gasteiger partial charge in [0.25, 0.3) is 0 Å². The molecule has 0 bridgehead atoms. The molecule has 1 aliphatic heterocycles. The van der Waals surface area contributed by atoms with E-state index in [1.165, 1.54) is 12.8 Å². The zero-order valence-electron chi connectivity index (χ0n) is 8.87. The second kappa shape index (κ2) is 5.98. The number of carbonyl (C=O) groups excluding carboxylic acids is 1. The van der Waals surface area contributed by atoms with E-state index in [4.69, 9.17) is 10.5 Å². The number of ether oxygens (including phenoxy) is 1. The van der Waals surface area contributed by atoms with Crippen LogP contribution in [0.1, 0.15) is 25.7 Å². The van der Waals surface area contributed by atoms with Gasteiger partial charge in [-0.1, -0.05) is 0 Å². The first-order valence-corrected chi connectivity index (χ1v) is 5.27. The van der Waals surface area contributed by atoms with E-state index in [9.17, 15) is 4.79 Å². The van der Waals surface area contributed by atoms with Crippen LogP contribution in [0.15, 0.2) is 0 Å². The van der Waals surface area contributed by atoms with Gasteiger partial charge >= 0.3 is 0 Å². The summed E-state index contributed by atoms with van der Waals surface area (Å²) in [7, 11) is 2.00. The molecule has 1 unspecified atom stereocenters. The Bertz CT molecular complexity index is 179. The van der Waals surface area contributed by atoms with Crippen LogP contribution in [0.4, 0.5) is 0 Å². The molecule has 0 aromatic heterocycles. The quantitative estimate of drug-likeness (QED) is 0.697. The average Bonchev–Trinajstić information content (AvgIpc) is 2.16. The van der Waals surface area contributed by atoms with Crippen molar-refractivity contribution in [3.63, 3.8) is 0 Å². The molecule has 2 N–H and O–H groups in total. The number of amides is 1. The normalized spacial score (nSPS) is 22.6. The van der Waals surface area contributed by atoms with Crippen molar-refractivity contribution in [2.24, 2.45) is 5.73 Å². The van der Waals surface area contributed by atoms with E-state index in [0.29, 0.717) is 12.5 Å². The third-order valence-electron chi connectivity index (χ3n) is 2.53. The van der Waals surface area contributed by atoms with Gasteiger partial charge in [-0.25, -0.2) is 0 Å². The number of hydrogen-bond acceptors (Lipinski definition) is 3. The van der Waals surface area contributed by atoms with Crippen molar-refractivity contribution in [2.45, 2.75) is 31.8 Å². The first-order valence-electron chi connectivity index (χ1n) is 5.27. The predicted octanol–water partition coefficient (Wildman–Crippen LogP) is 0.363. The molecule has 0 spiro atoms. The minimum Gasteiger partial charge on any atom is -0.377 e. The molecule has 1 saturated heterocycles. The molecule has 1 amide bonds. The van der Waals surface area contributed by atoms with Crippen LogP contribution in [0, 0.1) is 0 Å². The highest BCUT2D eigenvalue weighted by atomic mass is 16.5. The lowest BCUT2D eigenvalue weighted by Gasteiger charge is -2.27. The number of primary amides is 1. The average molecular weight is 200 g/mol. The Labute approximate surface area is 85.4 Å². The molecule has 14 heavy (non-hydrogen) atoms. The van der Waals surface area contributed by atoms with Crippen LogP contribution >= 0.6 is 0 Å². The largest absolute Gasteiger partial charge is 0.377 e. The number of nitrogens with zero attached hydrogens (tertiary/aromatic N) is 1. The molecule has 0 aromatic carbocycles. The third kappa shape index (κ3) is 4.58. The lowest BCUT2D eigenvalue weighted by atomic mass is 10.1. The number of carbonyl (C=O) groups is 1. The van der Waals surface area contributed by atoms with Gasteiger partial charge < -0.3 is 15.4 Å². The molecule has 4 heteroatoms. The topological polar surface area (TPSA) is 55.6 Å². The summed E-state index contributed by atoms with van der Waals surface area (Å²) in [4.78, 5) is 12.7. The second-order valence-electron chi connectivity index (χ2n) is 3.97.